The fraction of sp³-hybridized carbons (Fsp3) is 0.545. The Morgan fingerprint density at radius 1 is 1.21 bits per heavy atom. The summed E-state index contributed by atoms with van der Waals surface area (Å²) in [5.41, 5.74) is 0.908. The second-order valence-electron chi connectivity index (χ2n) is 8.05. The monoisotopic (exact) mass is 382 g/mol. The third-order valence-electron chi connectivity index (χ3n) is 6.27. The van der Waals surface area contributed by atoms with E-state index in [1.807, 2.05) is 30.6 Å². The minimum absolute atomic E-state index is 0.221. The molecule has 1 unspecified atom stereocenters. The molecule has 2 aliphatic heterocycles. The molecular weight excluding hydrogens is 352 g/mol. The molecule has 4 rings (SSSR count). The first-order chi connectivity index (χ1) is 13.6. The number of benzene rings is 1. The van der Waals surface area contributed by atoms with Gasteiger partial charge in [0.2, 0.25) is 5.91 Å². The first-order valence-corrected chi connectivity index (χ1v) is 10.3. The molecule has 0 radical (unpaired) electrons. The van der Waals surface area contributed by atoms with Gasteiger partial charge in [0.15, 0.2) is 0 Å². The Morgan fingerprint density at radius 3 is 2.93 bits per heavy atom. The first kappa shape index (κ1) is 19.0. The third kappa shape index (κ3) is 3.65. The van der Waals surface area contributed by atoms with Gasteiger partial charge in [0.25, 0.3) is 0 Å². The predicted octanol–water partition coefficient (Wildman–Crippen LogP) is 2.93. The lowest BCUT2D eigenvalue weighted by molar-refractivity contribution is -0.146. The van der Waals surface area contributed by atoms with Crippen molar-refractivity contribution in [3.8, 4) is 5.75 Å². The Hall–Kier alpha value is -2.34. The molecule has 6 heteroatoms. The molecule has 2 saturated heterocycles. The van der Waals surface area contributed by atoms with Crippen LogP contribution in [0.3, 0.4) is 0 Å². The van der Waals surface area contributed by atoms with Gasteiger partial charge in [0, 0.05) is 38.6 Å². The van der Waals surface area contributed by atoms with Gasteiger partial charge in [0.05, 0.1) is 19.1 Å². The Balaban J connectivity index is 1.44. The molecule has 1 aromatic carbocycles. The van der Waals surface area contributed by atoms with Crippen LogP contribution in [0.15, 0.2) is 36.7 Å². The predicted molar refractivity (Wildman–Crippen MR) is 108 cm³/mol. The number of likely N-dealkylation sites (tertiary alicyclic amines) is 2. The maximum atomic E-state index is 13.4. The number of carbonyl (C=O) groups is 1. The highest BCUT2D eigenvalue weighted by Gasteiger charge is 2.48. The van der Waals surface area contributed by atoms with Crippen molar-refractivity contribution in [2.75, 3.05) is 26.7 Å². The van der Waals surface area contributed by atoms with E-state index in [2.05, 4.69) is 32.3 Å². The van der Waals surface area contributed by atoms with Crippen molar-refractivity contribution >= 4 is 5.91 Å². The van der Waals surface area contributed by atoms with Gasteiger partial charge in [-0.15, -0.1) is 0 Å². The number of hydrogen-bond acceptors (Lipinski definition) is 4. The van der Waals surface area contributed by atoms with Gasteiger partial charge in [-0.1, -0.05) is 12.1 Å². The Labute approximate surface area is 167 Å². The van der Waals surface area contributed by atoms with Crippen LogP contribution in [0, 0.1) is 5.41 Å². The third-order valence-corrected chi connectivity index (χ3v) is 6.27. The molecule has 3 heterocycles. The Morgan fingerprint density at radius 2 is 2.11 bits per heavy atom. The SMILES string of the molecule is CCn1ccnc1CN1CCC2(CCCN(Cc3cccc(OC)c3)C2=O)C1. The average molecular weight is 383 g/mol. The van der Waals surface area contributed by atoms with Crippen molar-refractivity contribution in [3.63, 3.8) is 0 Å². The fourth-order valence-electron chi connectivity index (χ4n) is 4.75. The summed E-state index contributed by atoms with van der Waals surface area (Å²) < 4.78 is 7.51. The standard InChI is InChI=1S/C22H30N4O2/c1-3-25-13-10-23-20(25)16-24-12-9-22(17-24)8-5-11-26(21(22)27)15-18-6-4-7-19(14-18)28-2/h4,6-7,10,13-14H,3,5,8-9,11-12,15-17H2,1-2H3. The number of hydrogen-bond donors (Lipinski definition) is 0. The average Bonchev–Trinajstić information content (AvgIpc) is 3.33. The Kier molecular flexibility index (Phi) is 5.40. The van der Waals surface area contributed by atoms with Crippen LogP contribution in [0.5, 0.6) is 5.75 Å². The molecule has 2 aliphatic rings. The molecule has 1 amide bonds. The number of piperidine rings is 1. The number of aryl methyl sites for hydroxylation is 1. The van der Waals surface area contributed by atoms with E-state index in [1.54, 1.807) is 7.11 Å². The zero-order valence-electron chi connectivity index (χ0n) is 16.9. The molecule has 150 valence electrons. The summed E-state index contributed by atoms with van der Waals surface area (Å²) in [7, 11) is 1.68. The maximum Gasteiger partial charge on any atom is 0.230 e. The lowest BCUT2D eigenvalue weighted by Crippen LogP contribution is -2.49. The number of amides is 1. The van der Waals surface area contributed by atoms with Gasteiger partial charge in [-0.2, -0.15) is 0 Å². The maximum absolute atomic E-state index is 13.4. The molecular formula is C22H30N4O2. The van der Waals surface area contributed by atoms with Crippen LogP contribution < -0.4 is 4.74 Å². The molecule has 0 aliphatic carbocycles. The number of rotatable bonds is 6. The van der Waals surface area contributed by atoms with Crippen molar-refractivity contribution in [1.29, 1.82) is 0 Å². The van der Waals surface area contributed by atoms with Gasteiger partial charge in [-0.05, 0) is 50.4 Å². The van der Waals surface area contributed by atoms with Crippen LogP contribution >= 0.6 is 0 Å². The zero-order valence-corrected chi connectivity index (χ0v) is 16.9. The van der Waals surface area contributed by atoms with E-state index < -0.39 is 0 Å². The summed E-state index contributed by atoms with van der Waals surface area (Å²) in [6.07, 6.45) is 6.93. The van der Waals surface area contributed by atoms with Crippen LogP contribution in [-0.2, 0) is 24.4 Å². The molecule has 1 atom stereocenters. The van der Waals surface area contributed by atoms with Crippen molar-refractivity contribution in [1.82, 2.24) is 19.4 Å². The smallest absolute Gasteiger partial charge is 0.230 e. The minimum Gasteiger partial charge on any atom is -0.497 e. The summed E-state index contributed by atoms with van der Waals surface area (Å²) in [6.45, 7) is 7.22. The quantitative estimate of drug-likeness (QED) is 0.771. The summed E-state index contributed by atoms with van der Waals surface area (Å²) in [5.74, 6) is 2.26. The van der Waals surface area contributed by atoms with E-state index in [1.165, 1.54) is 0 Å². The minimum atomic E-state index is -0.221. The molecule has 0 bridgehead atoms. The van der Waals surface area contributed by atoms with Crippen LogP contribution in [0.1, 0.15) is 37.6 Å². The molecule has 6 nitrogen and oxygen atoms in total. The van der Waals surface area contributed by atoms with Gasteiger partial charge in [-0.3, -0.25) is 9.69 Å². The van der Waals surface area contributed by atoms with E-state index in [0.717, 1.165) is 69.1 Å². The van der Waals surface area contributed by atoms with Crippen molar-refractivity contribution in [3.05, 3.63) is 48.0 Å². The molecule has 0 saturated carbocycles. The number of nitrogens with zero attached hydrogens (tertiary/aromatic N) is 4. The molecule has 2 fully saturated rings. The van der Waals surface area contributed by atoms with Gasteiger partial charge < -0.3 is 14.2 Å². The van der Waals surface area contributed by atoms with Crippen LogP contribution in [0.25, 0.3) is 0 Å². The van der Waals surface area contributed by atoms with E-state index >= 15 is 0 Å². The van der Waals surface area contributed by atoms with Crippen LogP contribution in [-0.4, -0.2) is 52.0 Å². The largest absolute Gasteiger partial charge is 0.497 e. The summed E-state index contributed by atoms with van der Waals surface area (Å²) in [4.78, 5) is 22.4. The lowest BCUT2D eigenvalue weighted by atomic mass is 9.78. The number of methoxy groups -OCH3 is 1. The lowest BCUT2D eigenvalue weighted by Gasteiger charge is -2.39. The second kappa shape index (κ2) is 7.95. The molecule has 2 aromatic rings. The van der Waals surface area contributed by atoms with Crippen molar-refractivity contribution < 1.29 is 9.53 Å². The number of imidazole rings is 1. The Bertz CT molecular complexity index is 833. The highest BCUT2D eigenvalue weighted by molar-refractivity contribution is 5.84. The van der Waals surface area contributed by atoms with Crippen molar-refractivity contribution in [2.24, 2.45) is 5.41 Å². The molecule has 1 aromatic heterocycles. The van der Waals surface area contributed by atoms with Gasteiger partial charge in [-0.25, -0.2) is 4.98 Å². The van der Waals surface area contributed by atoms with E-state index in [4.69, 9.17) is 4.74 Å². The summed E-state index contributed by atoms with van der Waals surface area (Å²) >= 11 is 0. The molecule has 1 spiro atoms. The number of aromatic nitrogens is 2. The highest BCUT2D eigenvalue weighted by atomic mass is 16.5. The topological polar surface area (TPSA) is 50.6 Å². The molecule has 0 N–H and O–H groups in total. The number of ether oxygens (including phenoxy) is 1. The van der Waals surface area contributed by atoms with Gasteiger partial charge >= 0.3 is 0 Å². The van der Waals surface area contributed by atoms with E-state index in [0.29, 0.717) is 12.5 Å². The van der Waals surface area contributed by atoms with Gasteiger partial charge in [0.1, 0.15) is 11.6 Å². The summed E-state index contributed by atoms with van der Waals surface area (Å²) in [5, 5.41) is 0. The zero-order chi connectivity index (χ0) is 19.6. The highest BCUT2D eigenvalue weighted by Crippen LogP contribution is 2.41. The molecule has 28 heavy (non-hydrogen) atoms. The van der Waals surface area contributed by atoms with E-state index in [-0.39, 0.29) is 5.41 Å². The number of carbonyl (C=O) groups excluding carboxylic acids is 1. The fourth-order valence-corrected chi connectivity index (χ4v) is 4.75. The van der Waals surface area contributed by atoms with Crippen LogP contribution in [0.2, 0.25) is 0 Å². The van der Waals surface area contributed by atoms with E-state index in [9.17, 15) is 4.79 Å². The first-order valence-electron chi connectivity index (χ1n) is 10.3. The van der Waals surface area contributed by atoms with Crippen LogP contribution in [0.4, 0.5) is 0 Å². The second-order valence-corrected chi connectivity index (χ2v) is 8.05. The van der Waals surface area contributed by atoms with Crippen molar-refractivity contribution in [2.45, 2.75) is 45.8 Å². The normalized spacial score (nSPS) is 22.9. The summed E-state index contributed by atoms with van der Waals surface area (Å²) in [6, 6.07) is 8.03.